The van der Waals surface area contributed by atoms with Gasteiger partial charge >= 0.3 is 0 Å². The lowest BCUT2D eigenvalue weighted by Gasteiger charge is -2.25. The van der Waals surface area contributed by atoms with Gasteiger partial charge in [0.2, 0.25) is 0 Å². The van der Waals surface area contributed by atoms with Gasteiger partial charge in [-0.05, 0) is 81.9 Å². The Morgan fingerprint density at radius 1 is 1.26 bits per heavy atom. The van der Waals surface area contributed by atoms with Crippen molar-refractivity contribution in [3.8, 4) is 5.75 Å². The summed E-state index contributed by atoms with van der Waals surface area (Å²) >= 11 is 0. The van der Waals surface area contributed by atoms with Gasteiger partial charge < -0.3 is 9.64 Å². The fraction of sp³-hybridized carbons (Fsp3) is 0.625. The van der Waals surface area contributed by atoms with Crippen molar-refractivity contribution < 1.29 is 4.74 Å². The van der Waals surface area contributed by atoms with E-state index in [0.29, 0.717) is 0 Å². The predicted molar refractivity (Wildman–Crippen MR) is 83.5 cm³/mol. The average Bonchev–Trinajstić information content (AvgIpc) is 2.37. The Morgan fingerprint density at radius 2 is 2.05 bits per heavy atom. The first kappa shape index (κ1) is 16.3. The van der Waals surface area contributed by atoms with E-state index >= 15 is 0 Å². The standard InChI is InChI=1S/C16H25NO.ClH/c1-17(2)10-4-5-13-6-7-15-12-16(18-3)9-8-14(15)11-13;/h8-9,12-13H,4-7,10-11H2,1-3H3;1H. The highest BCUT2D eigenvalue weighted by Gasteiger charge is 2.18. The number of rotatable bonds is 5. The molecule has 0 heterocycles. The van der Waals surface area contributed by atoms with Crippen molar-refractivity contribution in [3.63, 3.8) is 0 Å². The molecule has 0 spiro atoms. The number of aryl methyl sites for hydroxylation is 1. The quantitative estimate of drug-likeness (QED) is 0.819. The molecule has 0 N–H and O–H groups in total. The second kappa shape index (κ2) is 7.76. The average molecular weight is 284 g/mol. The first-order valence-electron chi connectivity index (χ1n) is 6.99. The van der Waals surface area contributed by atoms with Crippen molar-refractivity contribution in [3.05, 3.63) is 29.3 Å². The summed E-state index contributed by atoms with van der Waals surface area (Å²) in [6.45, 7) is 1.21. The monoisotopic (exact) mass is 283 g/mol. The van der Waals surface area contributed by atoms with Gasteiger partial charge in [-0.3, -0.25) is 0 Å². The summed E-state index contributed by atoms with van der Waals surface area (Å²) in [4.78, 5) is 2.28. The van der Waals surface area contributed by atoms with Gasteiger partial charge in [-0.2, -0.15) is 0 Å². The zero-order valence-electron chi connectivity index (χ0n) is 12.3. The zero-order chi connectivity index (χ0) is 13.0. The highest BCUT2D eigenvalue weighted by molar-refractivity contribution is 5.85. The summed E-state index contributed by atoms with van der Waals surface area (Å²) in [5.74, 6) is 1.88. The van der Waals surface area contributed by atoms with Crippen molar-refractivity contribution in [2.45, 2.75) is 32.1 Å². The Labute approximate surface area is 123 Å². The minimum Gasteiger partial charge on any atom is -0.497 e. The van der Waals surface area contributed by atoms with Crippen molar-refractivity contribution in [1.82, 2.24) is 4.90 Å². The highest BCUT2D eigenvalue weighted by Crippen LogP contribution is 2.30. The van der Waals surface area contributed by atoms with Gasteiger partial charge in [-0.15, -0.1) is 12.4 Å². The van der Waals surface area contributed by atoms with Gasteiger partial charge in [0.25, 0.3) is 0 Å². The van der Waals surface area contributed by atoms with E-state index in [0.717, 1.165) is 11.7 Å². The van der Waals surface area contributed by atoms with Gasteiger partial charge in [0.15, 0.2) is 0 Å². The molecule has 1 aliphatic rings. The lowest BCUT2D eigenvalue weighted by molar-refractivity contribution is 0.348. The summed E-state index contributed by atoms with van der Waals surface area (Å²) in [6.07, 6.45) is 6.51. The summed E-state index contributed by atoms with van der Waals surface area (Å²) in [6, 6.07) is 6.57. The molecule has 2 rings (SSSR count). The number of hydrogen-bond acceptors (Lipinski definition) is 2. The highest BCUT2D eigenvalue weighted by atomic mass is 35.5. The maximum atomic E-state index is 5.29. The third kappa shape index (κ3) is 4.70. The van der Waals surface area contributed by atoms with Crippen LogP contribution in [0, 0.1) is 5.92 Å². The van der Waals surface area contributed by atoms with E-state index < -0.39 is 0 Å². The lowest BCUT2D eigenvalue weighted by Crippen LogP contribution is -2.18. The van der Waals surface area contributed by atoms with E-state index in [2.05, 4.69) is 37.2 Å². The largest absolute Gasteiger partial charge is 0.497 e. The fourth-order valence-electron chi connectivity index (χ4n) is 2.88. The Morgan fingerprint density at radius 3 is 2.74 bits per heavy atom. The number of halogens is 1. The van der Waals surface area contributed by atoms with Gasteiger partial charge in [0, 0.05) is 0 Å². The minimum atomic E-state index is 0. The van der Waals surface area contributed by atoms with Crippen LogP contribution in [0.1, 0.15) is 30.4 Å². The molecule has 3 heteroatoms. The number of ether oxygens (including phenoxy) is 1. The summed E-state index contributed by atoms with van der Waals surface area (Å²) < 4.78 is 5.29. The Balaban J connectivity index is 0.00000180. The van der Waals surface area contributed by atoms with E-state index in [-0.39, 0.29) is 12.4 Å². The first-order chi connectivity index (χ1) is 8.69. The van der Waals surface area contributed by atoms with E-state index in [1.807, 2.05) is 0 Å². The second-order valence-electron chi connectivity index (χ2n) is 5.69. The van der Waals surface area contributed by atoms with Crippen LogP contribution in [-0.2, 0) is 12.8 Å². The molecule has 1 aromatic carbocycles. The minimum absolute atomic E-state index is 0. The van der Waals surface area contributed by atoms with Crippen molar-refractivity contribution >= 4 is 12.4 Å². The molecule has 0 fully saturated rings. The van der Waals surface area contributed by atoms with Crippen LogP contribution in [0.15, 0.2) is 18.2 Å². The van der Waals surface area contributed by atoms with Crippen LogP contribution in [0.5, 0.6) is 5.75 Å². The molecule has 0 aliphatic heterocycles. The SMILES string of the molecule is COc1ccc2c(c1)CCC(CCCN(C)C)C2.Cl. The molecule has 0 saturated heterocycles. The normalized spacial score (nSPS) is 17.8. The summed E-state index contributed by atoms with van der Waals surface area (Å²) in [7, 11) is 6.06. The van der Waals surface area contributed by atoms with Crippen molar-refractivity contribution in [2.75, 3.05) is 27.7 Å². The molecular weight excluding hydrogens is 258 g/mol. The van der Waals surface area contributed by atoms with Gasteiger partial charge in [0.05, 0.1) is 7.11 Å². The van der Waals surface area contributed by atoms with Crippen LogP contribution in [0.2, 0.25) is 0 Å². The molecule has 0 aromatic heterocycles. The van der Waals surface area contributed by atoms with Crippen LogP contribution in [-0.4, -0.2) is 32.6 Å². The Kier molecular flexibility index (Phi) is 6.67. The molecule has 0 saturated carbocycles. The lowest BCUT2D eigenvalue weighted by atomic mass is 9.81. The van der Waals surface area contributed by atoms with Gasteiger partial charge in [-0.25, -0.2) is 0 Å². The molecule has 0 radical (unpaired) electrons. The third-order valence-electron chi connectivity index (χ3n) is 3.96. The van der Waals surface area contributed by atoms with Crippen LogP contribution in [0.25, 0.3) is 0 Å². The first-order valence-corrected chi connectivity index (χ1v) is 6.99. The van der Waals surface area contributed by atoms with Gasteiger partial charge in [0.1, 0.15) is 5.75 Å². The topological polar surface area (TPSA) is 12.5 Å². The zero-order valence-corrected chi connectivity index (χ0v) is 13.1. The van der Waals surface area contributed by atoms with E-state index in [1.54, 1.807) is 7.11 Å². The number of fused-ring (bicyclic) bond motifs is 1. The maximum Gasteiger partial charge on any atom is 0.119 e. The fourth-order valence-corrected chi connectivity index (χ4v) is 2.88. The van der Waals surface area contributed by atoms with E-state index in [1.165, 1.54) is 49.8 Å². The van der Waals surface area contributed by atoms with Gasteiger partial charge in [-0.1, -0.05) is 6.07 Å². The summed E-state index contributed by atoms with van der Waals surface area (Å²) in [5, 5.41) is 0. The molecule has 0 bridgehead atoms. The van der Waals surface area contributed by atoms with Crippen molar-refractivity contribution in [2.24, 2.45) is 5.92 Å². The van der Waals surface area contributed by atoms with Crippen LogP contribution >= 0.6 is 12.4 Å². The third-order valence-corrected chi connectivity index (χ3v) is 3.96. The molecule has 19 heavy (non-hydrogen) atoms. The second-order valence-corrected chi connectivity index (χ2v) is 5.69. The molecule has 0 amide bonds. The van der Waals surface area contributed by atoms with Crippen LogP contribution in [0.3, 0.4) is 0 Å². The number of hydrogen-bond donors (Lipinski definition) is 0. The van der Waals surface area contributed by atoms with Crippen LogP contribution < -0.4 is 4.74 Å². The Hall–Kier alpha value is -0.730. The molecule has 1 unspecified atom stereocenters. The maximum absolute atomic E-state index is 5.29. The molecule has 1 aromatic rings. The smallest absolute Gasteiger partial charge is 0.119 e. The predicted octanol–water partition coefficient (Wildman–Crippen LogP) is 3.56. The molecular formula is C16H26ClNO. The Bertz CT molecular complexity index is 392. The number of benzene rings is 1. The molecule has 1 aliphatic carbocycles. The molecule has 1 atom stereocenters. The van der Waals surface area contributed by atoms with E-state index in [4.69, 9.17) is 4.74 Å². The number of methoxy groups -OCH3 is 1. The van der Waals surface area contributed by atoms with E-state index in [9.17, 15) is 0 Å². The molecule has 2 nitrogen and oxygen atoms in total. The van der Waals surface area contributed by atoms with Crippen LogP contribution in [0.4, 0.5) is 0 Å². The molecule has 108 valence electrons. The number of nitrogens with zero attached hydrogens (tertiary/aromatic N) is 1. The summed E-state index contributed by atoms with van der Waals surface area (Å²) in [5.41, 5.74) is 3.04. The van der Waals surface area contributed by atoms with Crippen molar-refractivity contribution in [1.29, 1.82) is 0 Å².